The number of hydrogen-bond acceptors (Lipinski definition) is 2. The Kier molecular flexibility index (Phi) is 3.38. The van der Waals surface area contributed by atoms with Crippen molar-refractivity contribution in [3.05, 3.63) is 33.8 Å². The van der Waals surface area contributed by atoms with Gasteiger partial charge in [0.1, 0.15) is 0 Å². The van der Waals surface area contributed by atoms with Crippen molar-refractivity contribution >= 4 is 29.1 Å². The Bertz CT molecular complexity index is 402. The number of likely N-dealkylation sites (tertiary alicyclic amines) is 1. The van der Waals surface area contributed by atoms with E-state index >= 15 is 0 Å². The largest absolute Gasteiger partial charge is 0.337 e. The number of benzene rings is 1. The lowest BCUT2D eigenvalue weighted by Gasteiger charge is -2.16. The second-order valence-corrected chi connectivity index (χ2v) is 4.83. The van der Waals surface area contributed by atoms with E-state index in [0.717, 1.165) is 6.42 Å². The zero-order valence-electron chi connectivity index (χ0n) is 8.62. The first-order chi connectivity index (χ1) is 7.56. The summed E-state index contributed by atoms with van der Waals surface area (Å²) in [4.78, 5) is 13.8. The van der Waals surface area contributed by atoms with Gasteiger partial charge in [0.15, 0.2) is 0 Å². The molecular formula is C11H12Cl2N2O. The summed E-state index contributed by atoms with van der Waals surface area (Å²) >= 11 is 11.7. The number of nitrogens with two attached hydrogens (primary N) is 1. The van der Waals surface area contributed by atoms with E-state index in [2.05, 4.69) is 0 Å². The average Bonchev–Trinajstić information content (AvgIpc) is 2.62. The van der Waals surface area contributed by atoms with E-state index in [4.69, 9.17) is 28.9 Å². The van der Waals surface area contributed by atoms with Crippen molar-refractivity contribution in [2.75, 3.05) is 13.1 Å². The lowest BCUT2D eigenvalue weighted by Crippen LogP contribution is -2.31. The summed E-state index contributed by atoms with van der Waals surface area (Å²) in [7, 11) is 0. The summed E-state index contributed by atoms with van der Waals surface area (Å²) in [6.07, 6.45) is 0.847. The molecule has 1 aliphatic rings. The van der Waals surface area contributed by atoms with Crippen molar-refractivity contribution in [2.45, 2.75) is 12.5 Å². The van der Waals surface area contributed by atoms with Crippen molar-refractivity contribution in [3.8, 4) is 0 Å². The average molecular weight is 259 g/mol. The minimum absolute atomic E-state index is 0.0580. The molecule has 1 atom stereocenters. The van der Waals surface area contributed by atoms with Gasteiger partial charge in [-0.25, -0.2) is 0 Å². The van der Waals surface area contributed by atoms with E-state index < -0.39 is 0 Å². The molecule has 86 valence electrons. The van der Waals surface area contributed by atoms with Crippen molar-refractivity contribution < 1.29 is 4.79 Å². The highest BCUT2D eigenvalue weighted by atomic mass is 35.5. The molecule has 0 saturated carbocycles. The predicted octanol–water partition coefficient (Wildman–Crippen LogP) is 2.17. The van der Waals surface area contributed by atoms with Crippen molar-refractivity contribution in [1.29, 1.82) is 0 Å². The molecule has 1 aromatic rings. The second kappa shape index (κ2) is 4.62. The first-order valence-corrected chi connectivity index (χ1v) is 5.83. The molecule has 16 heavy (non-hydrogen) atoms. The zero-order chi connectivity index (χ0) is 11.7. The smallest absolute Gasteiger partial charge is 0.254 e. The van der Waals surface area contributed by atoms with Crippen molar-refractivity contribution in [1.82, 2.24) is 4.90 Å². The number of carbonyl (C=O) groups is 1. The minimum atomic E-state index is -0.0580. The molecule has 1 amide bonds. The van der Waals surface area contributed by atoms with Crippen molar-refractivity contribution in [2.24, 2.45) is 5.73 Å². The van der Waals surface area contributed by atoms with E-state index in [1.807, 2.05) is 0 Å². The van der Waals surface area contributed by atoms with Crippen LogP contribution in [0.5, 0.6) is 0 Å². The zero-order valence-corrected chi connectivity index (χ0v) is 10.1. The van der Waals surface area contributed by atoms with Gasteiger partial charge in [-0.1, -0.05) is 23.2 Å². The van der Waals surface area contributed by atoms with Gasteiger partial charge < -0.3 is 10.6 Å². The quantitative estimate of drug-likeness (QED) is 0.840. The van der Waals surface area contributed by atoms with E-state index in [1.165, 1.54) is 0 Å². The number of hydrogen-bond donors (Lipinski definition) is 1. The maximum absolute atomic E-state index is 12.1. The standard InChI is InChI=1S/C11H12Cl2N2O/c12-8-3-7(4-9(13)5-8)11(16)15-2-1-10(14)6-15/h3-5,10H,1-2,6,14H2/t10-/m0/s1. The second-order valence-electron chi connectivity index (χ2n) is 3.96. The number of halogens is 2. The Labute approximate surface area is 104 Å². The molecule has 1 saturated heterocycles. The molecule has 1 aliphatic heterocycles. The van der Waals surface area contributed by atoms with E-state index in [9.17, 15) is 4.79 Å². The van der Waals surface area contributed by atoms with Crippen LogP contribution in [0, 0.1) is 0 Å². The van der Waals surface area contributed by atoms with Crippen LogP contribution in [0.1, 0.15) is 16.8 Å². The third kappa shape index (κ3) is 2.48. The molecule has 0 aliphatic carbocycles. The Hall–Kier alpha value is -0.770. The third-order valence-electron chi connectivity index (χ3n) is 2.62. The lowest BCUT2D eigenvalue weighted by atomic mass is 10.2. The lowest BCUT2D eigenvalue weighted by molar-refractivity contribution is 0.0791. The van der Waals surface area contributed by atoms with Crippen LogP contribution >= 0.6 is 23.2 Å². The van der Waals surface area contributed by atoms with Crippen LogP contribution in [0.15, 0.2) is 18.2 Å². The van der Waals surface area contributed by atoms with Gasteiger partial charge in [-0.3, -0.25) is 4.79 Å². The molecule has 1 heterocycles. The Balaban J connectivity index is 2.20. The summed E-state index contributed by atoms with van der Waals surface area (Å²) in [5, 5.41) is 0.943. The molecule has 5 heteroatoms. The van der Waals surface area contributed by atoms with Gasteiger partial charge >= 0.3 is 0 Å². The molecule has 2 N–H and O–H groups in total. The minimum Gasteiger partial charge on any atom is -0.337 e. The first-order valence-electron chi connectivity index (χ1n) is 5.07. The summed E-state index contributed by atoms with van der Waals surface area (Å²) in [5.41, 5.74) is 6.27. The summed E-state index contributed by atoms with van der Waals surface area (Å²) in [5.74, 6) is -0.0580. The van der Waals surface area contributed by atoms with Crippen LogP contribution < -0.4 is 5.73 Å². The van der Waals surface area contributed by atoms with Gasteiger partial charge in [0.05, 0.1) is 0 Å². The monoisotopic (exact) mass is 258 g/mol. The molecule has 0 aromatic heterocycles. The SMILES string of the molecule is N[C@H]1CCN(C(=O)c2cc(Cl)cc(Cl)c2)C1. The van der Waals surface area contributed by atoms with Crippen LogP contribution in [0.4, 0.5) is 0 Å². The van der Waals surface area contributed by atoms with Crippen LogP contribution in [-0.4, -0.2) is 29.9 Å². The number of rotatable bonds is 1. The first kappa shape index (κ1) is 11.7. The molecule has 0 unspecified atom stereocenters. The van der Waals surface area contributed by atoms with Crippen LogP contribution in [0.3, 0.4) is 0 Å². The van der Waals surface area contributed by atoms with Crippen LogP contribution in [-0.2, 0) is 0 Å². The van der Waals surface area contributed by atoms with Gasteiger partial charge in [0.25, 0.3) is 5.91 Å². The number of nitrogens with zero attached hydrogens (tertiary/aromatic N) is 1. The molecule has 0 spiro atoms. The van der Waals surface area contributed by atoms with Gasteiger partial charge in [-0.2, -0.15) is 0 Å². The molecular weight excluding hydrogens is 247 g/mol. The highest BCUT2D eigenvalue weighted by Gasteiger charge is 2.24. The maximum atomic E-state index is 12.1. The molecule has 1 fully saturated rings. The van der Waals surface area contributed by atoms with E-state index in [0.29, 0.717) is 28.7 Å². The fourth-order valence-electron chi connectivity index (χ4n) is 1.83. The highest BCUT2D eigenvalue weighted by Crippen LogP contribution is 2.21. The third-order valence-corrected chi connectivity index (χ3v) is 3.06. The molecule has 0 bridgehead atoms. The highest BCUT2D eigenvalue weighted by molar-refractivity contribution is 6.35. The summed E-state index contributed by atoms with van der Waals surface area (Å²) in [6.45, 7) is 1.30. The van der Waals surface area contributed by atoms with Crippen LogP contribution in [0.25, 0.3) is 0 Å². The van der Waals surface area contributed by atoms with Crippen LogP contribution in [0.2, 0.25) is 10.0 Å². The number of carbonyl (C=O) groups excluding carboxylic acids is 1. The maximum Gasteiger partial charge on any atom is 0.254 e. The van der Waals surface area contributed by atoms with Gasteiger partial charge in [-0.15, -0.1) is 0 Å². The fourth-order valence-corrected chi connectivity index (χ4v) is 2.36. The van der Waals surface area contributed by atoms with Gasteiger partial charge in [0, 0.05) is 34.7 Å². The van der Waals surface area contributed by atoms with E-state index in [-0.39, 0.29) is 11.9 Å². The predicted molar refractivity (Wildman–Crippen MR) is 65.0 cm³/mol. The Morgan fingerprint density at radius 1 is 1.31 bits per heavy atom. The Morgan fingerprint density at radius 3 is 2.44 bits per heavy atom. The molecule has 0 radical (unpaired) electrons. The summed E-state index contributed by atoms with van der Waals surface area (Å²) in [6, 6.07) is 4.94. The molecule has 1 aromatic carbocycles. The molecule has 2 rings (SSSR count). The fraction of sp³-hybridized carbons (Fsp3) is 0.364. The molecule has 3 nitrogen and oxygen atoms in total. The summed E-state index contributed by atoms with van der Waals surface area (Å²) < 4.78 is 0. The normalized spacial score (nSPS) is 20.2. The topological polar surface area (TPSA) is 46.3 Å². The van der Waals surface area contributed by atoms with Gasteiger partial charge in [-0.05, 0) is 24.6 Å². The Morgan fingerprint density at radius 2 is 1.94 bits per heavy atom. The van der Waals surface area contributed by atoms with E-state index in [1.54, 1.807) is 23.1 Å². The number of amides is 1. The van der Waals surface area contributed by atoms with Crippen molar-refractivity contribution in [3.63, 3.8) is 0 Å². The van der Waals surface area contributed by atoms with Gasteiger partial charge in [0.2, 0.25) is 0 Å².